The van der Waals surface area contributed by atoms with E-state index in [1.807, 2.05) is 23.1 Å². The molecule has 2 aromatic heterocycles. The van der Waals surface area contributed by atoms with Gasteiger partial charge in [-0.25, -0.2) is 15.8 Å². The number of aromatic nitrogens is 3. The number of pyridine rings is 1. The van der Waals surface area contributed by atoms with Crippen LogP contribution >= 0.6 is 23.2 Å². The number of rotatable bonds is 6. The van der Waals surface area contributed by atoms with Crippen LogP contribution in [0.4, 0.5) is 15.0 Å². The number of likely N-dealkylation sites (N-methyl/N-ethyl adjacent to an activating group) is 1. The Morgan fingerprint density at radius 3 is 2.66 bits per heavy atom. The molecule has 1 amide bonds. The Kier molecular flexibility index (Phi) is 9.29. The number of nitrogens with zero attached hydrogens (tertiary/aromatic N) is 7. The average molecular weight is 681 g/mol. The van der Waals surface area contributed by atoms with Crippen molar-refractivity contribution in [3.05, 3.63) is 63.8 Å². The molecular weight excluding hydrogens is 644 g/mol. The van der Waals surface area contributed by atoms with Crippen molar-refractivity contribution >= 4 is 56.8 Å². The summed E-state index contributed by atoms with van der Waals surface area (Å²) in [4.78, 5) is 36.3. The molecule has 13 heteroatoms. The summed E-state index contributed by atoms with van der Waals surface area (Å²) < 4.78 is 28.5. The van der Waals surface area contributed by atoms with Crippen LogP contribution in [-0.2, 0) is 4.74 Å². The fraction of sp³-hybridized carbons (Fsp3) is 0.441. The molecule has 246 valence electrons. The van der Waals surface area contributed by atoms with Crippen LogP contribution < -0.4 is 9.64 Å². The summed E-state index contributed by atoms with van der Waals surface area (Å²) in [5.41, 5.74) is -0.0899. The molecule has 2 aromatic carbocycles. The first kappa shape index (κ1) is 32.9. The maximum atomic E-state index is 16.7. The summed E-state index contributed by atoms with van der Waals surface area (Å²) in [7, 11) is 2.05. The molecule has 4 heterocycles. The smallest absolute Gasteiger partial charge is 0.410 e. The lowest BCUT2D eigenvalue weighted by Gasteiger charge is -2.40. The van der Waals surface area contributed by atoms with Crippen LogP contribution in [-0.4, -0.2) is 94.9 Å². The van der Waals surface area contributed by atoms with Crippen LogP contribution in [0.25, 0.3) is 37.8 Å². The van der Waals surface area contributed by atoms with Crippen molar-refractivity contribution in [1.82, 2.24) is 24.8 Å². The minimum atomic E-state index is -0.681. The van der Waals surface area contributed by atoms with Gasteiger partial charge in [0.2, 0.25) is 6.54 Å². The molecule has 2 aliphatic heterocycles. The van der Waals surface area contributed by atoms with Gasteiger partial charge in [0, 0.05) is 42.8 Å². The van der Waals surface area contributed by atoms with E-state index in [1.165, 1.54) is 0 Å². The number of hydrogen-bond donors (Lipinski definition) is 0. The lowest BCUT2D eigenvalue weighted by Crippen LogP contribution is -2.57. The molecule has 0 N–H and O–H groups in total. The summed E-state index contributed by atoms with van der Waals surface area (Å²) in [6, 6.07) is 8.73. The lowest BCUT2D eigenvalue weighted by molar-refractivity contribution is 0.0155. The molecule has 2 atom stereocenters. The number of fused-ring (bicyclic) bond motifs is 2. The third-order valence-electron chi connectivity index (χ3n) is 8.62. The highest BCUT2D eigenvalue weighted by Crippen LogP contribution is 2.40. The summed E-state index contributed by atoms with van der Waals surface area (Å²) in [6.07, 6.45) is 3.13. The molecule has 2 aliphatic rings. The fourth-order valence-corrected chi connectivity index (χ4v) is 6.68. The van der Waals surface area contributed by atoms with Gasteiger partial charge in [-0.3, -0.25) is 9.88 Å². The molecule has 0 aliphatic carbocycles. The highest BCUT2D eigenvalue weighted by molar-refractivity contribution is 6.46. The second-order valence-electron chi connectivity index (χ2n) is 13.0. The molecule has 0 saturated carbocycles. The number of carbonyl (C=O) groups excluding carboxylic acids is 1. The summed E-state index contributed by atoms with van der Waals surface area (Å²) in [5, 5.41) is 2.42. The normalized spacial score (nSPS) is 18.9. The Hall–Kier alpha value is -3.98. The van der Waals surface area contributed by atoms with Crippen LogP contribution in [0, 0.1) is 12.4 Å². The van der Waals surface area contributed by atoms with Crippen LogP contribution in [0.3, 0.4) is 0 Å². The molecule has 10 nitrogen and oxygen atoms in total. The number of hydrogen-bond acceptors (Lipinski definition) is 8. The van der Waals surface area contributed by atoms with Crippen molar-refractivity contribution in [3.63, 3.8) is 0 Å². The van der Waals surface area contributed by atoms with Crippen molar-refractivity contribution in [2.75, 3.05) is 51.3 Å². The van der Waals surface area contributed by atoms with Gasteiger partial charge in [0.05, 0.1) is 15.4 Å². The zero-order valence-corrected chi connectivity index (χ0v) is 28.3. The van der Waals surface area contributed by atoms with Crippen LogP contribution in [0.5, 0.6) is 6.01 Å². The molecule has 2 fully saturated rings. The van der Waals surface area contributed by atoms with Gasteiger partial charge < -0.3 is 24.1 Å². The van der Waals surface area contributed by atoms with Gasteiger partial charge in [-0.05, 0) is 58.7 Å². The minimum Gasteiger partial charge on any atom is -0.462 e. The zero-order chi connectivity index (χ0) is 33.5. The first-order valence-electron chi connectivity index (χ1n) is 15.6. The number of piperazine rings is 1. The topological polar surface area (TPSA) is 88.3 Å². The highest BCUT2D eigenvalue weighted by atomic mass is 35.5. The third kappa shape index (κ3) is 6.73. The van der Waals surface area contributed by atoms with Gasteiger partial charge in [0.1, 0.15) is 35.3 Å². The number of likely N-dealkylation sites (tertiary alicyclic amines) is 1. The van der Waals surface area contributed by atoms with Gasteiger partial charge >= 0.3 is 12.1 Å². The van der Waals surface area contributed by atoms with E-state index in [4.69, 9.17) is 44.2 Å². The summed E-state index contributed by atoms with van der Waals surface area (Å²) >= 11 is 13.0. The molecule has 0 bridgehead atoms. The third-order valence-corrected chi connectivity index (χ3v) is 9.43. The van der Waals surface area contributed by atoms with Crippen LogP contribution in [0.2, 0.25) is 10.0 Å². The quantitative estimate of drug-likeness (QED) is 0.199. The fourth-order valence-electron chi connectivity index (χ4n) is 6.25. The molecule has 0 unspecified atom stereocenters. The number of benzene rings is 2. The van der Waals surface area contributed by atoms with E-state index in [9.17, 15) is 4.79 Å². The molecule has 2 saturated heterocycles. The predicted molar refractivity (Wildman–Crippen MR) is 182 cm³/mol. The molecule has 0 radical (unpaired) electrons. The van der Waals surface area contributed by atoms with Gasteiger partial charge in [0.25, 0.3) is 0 Å². The molecule has 47 heavy (non-hydrogen) atoms. The number of amides is 1. The summed E-state index contributed by atoms with van der Waals surface area (Å²) in [5.74, 6) is -0.233. The molecule has 6 rings (SSSR count). The Morgan fingerprint density at radius 1 is 1.13 bits per heavy atom. The maximum absolute atomic E-state index is 16.7. The van der Waals surface area contributed by atoms with Crippen molar-refractivity contribution in [2.24, 2.45) is 0 Å². The molecular formula is C34H36Cl2FN7O3. The van der Waals surface area contributed by atoms with Crippen molar-refractivity contribution in [1.29, 1.82) is 0 Å². The van der Waals surface area contributed by atoms with Gasteiger partial charge in [0.15, 0.2) is 5.82 Å². The number of carbonyl (C=O) groups is 1. The lowest BCUT2D eigenvalue weighted by atomic mass is 10.0. The zero-order valence-electron chi connectivity index (χ0n) is 26.8. The van der Waals surface area contributed by atoms with Crippen molar-refractivity contribution < 1.29 is 18.7 Å². The molecule has 0 spiro atoms. The Labute approximate surface area is 283 Å². The largest absolute Gasteiger partial charge is 0.462 e. The van der Waals surface area contributed by atoms with E-state index in [0.717, 1.165) is 24.8 Å². The van der Waals surface area contributed by atoms with Crippen molar-refractivity contribution in [3.8, 4) is 17.3 Å². The van der Waals surface area contributed by atoms with Crippen LogP contribution in [0.15, 0.2) is 36.5 Å². The summed E-state index contributed by atoms with van der Waals surface area (Å²) in [6.45, 7) is 15.3. The van der Waals surface area contributed by atoms with E-state index in [-0.39, 0.29) is 42.9 Å². The second kappa shape index (κ2) is 13.3. The van der Waals surface area contributed by atoms with E-state index in [0.29, 0.717) is 45.4 Å². The van der Waals surface area contributed by atoms with Gasteiger partial charge in [-0.1, -0.05) is 47.5 Å². The highest BCUT2D eigenvalue weighted by Gasteiger charge is 2.37. The number of halogens is 3. The standard InChI is InChI=1S/C34H36Cl2FN7O3/c1-34(2,3)47-33(45)44-15-14-43(18-22(44)16-38-4)31-24-17-39-29(23-10-6-8-20-11-12-25(35)27(36)26(20)23)28(37)30(24)40-32(41-31)46-19-21-9-7-13-42(21)5/h6,8,10-12,17,21-22H,7,9,13-16,18-19H2,1-3,5H3/t21-,22-/m0/s1. The second-order valence-corrected chi connectivity index (χ2v) is 13.8. The number of ether oxygens (including phenoxy) is 2. The first-order valence-corrected chi connectivity index (χ1v) is 16.3. The van der Waals surface area contributed by atoms with E-state index in [1.54, 1.807) is 44.0 Å². The maximum Gasteiger partial charge on any atom is 0.410 e. The molecule has 4 aromatic rings. The number of anilines is 1. The minimum absolute atomic E-state index is 0.0409. The Balaban J connectivity index is 1.43. The predicted octanol–water partition coefficient (Wildman–Crippen LogP) is 7.11. The average Bonchev–Trinajstić information content (AvgIpc) is 3.45. The van der Waals surface area contributed by atoms with E-state index < -0.39 is 23.6 Å². The van der Waals surface area contributed by atoms with Crippen LogP contribution in [0.1, 0.15) is 33.6 Å². The van der Waals surface area contributed by atoms with Gasteiger partial charge in [-0.2, -0.15) is 9.97 Å². The SMILES string of the molecule is [C-]#[N+]C[C@H]1CN(c2nc(OC[C@@H]3CCCN3C)nc3c(F)c(-c4cccc5ccc(Cl)c(Cl)c45)ncc23)CCN1C(=O)OC(C)(C)C. The Bertz CT molecular complexity index is 1880. The van der Waals surface area contributed by atoms with Gasteiger partial charge in [-0.15, -0.1) is 0 Å². The Morgan fingerprint density at radius 2 is 1.94 bits per heavy atom. The van der Waals surface area contributed by atoms with E-state index in [2.05, 4.69) is 26.8 Å². The monoisotopic (exact) mass is 679 g/mol. The first-order chi connectivity index (χ1) is 22.4. The van der Waals surface area contributed by atoms with E-state index >= 15 is 4.39 Å². The van der Waals surface area contributed by atoms with Crippen molar-refractivity contribution in [2.45, 2.75) is 51.3 Å².